The molecule has 7 heteroatoms. The number of fused-ring (bicyclic) bond motifs is 6. The Kier molecular flexibility index (Phi) is 5.54. The van der Waals surface area contributed by atoms with Gasteiger partial charge in [0.05, 0.1) is 9.79 Å². The molecule has 6 aromatic rings. The van der Waals surface area contributed by atoms with Crippen LogP contribution in [0.1, 0.15) is 11.1 Å². The summed E-state index contributed by atoms with van der Waals surface area (Å²) in [7, 11) is -3.92. The van der Waals surface area contributed by atoms with Gasteiger partial charge in [0.1, 0.15) is 0 Å². The number of sulfone groups is 1. The first-order valence-electron chi connectivity index (χ1n) is 10.6. The number of thiophene rings is 2. The molecule has 2 aromatic heterocycles. The lowest BCUT2D eigenvalue weighted by atomic mass is 10.1. The maximum absolute atomic E-state index is 14.6. The van der Waals surface area contributed by atoms with Gasteiger partial charge in [0, 0.05) is 49.3 Å². The molecule has 2 nitrogen and oxygen atoms in total. The predicted octanol–water partition coefficient (Wildman–Crippen LogP) is 10.1. The van der Waals surface area contributed by atoms with Crippen LogP contribution in [0.5, 0.6) is 0 Å². The van der Waals surface area contributed by atoms with E-state index in [1.807, 2.05) is 48.5 Å². The summed E-state index contributed by atoms with van der Waals surface area (Å²) in [4.78, 5) is 0.595. The summed E-state index contributed by atoms with van der Waals surface area (Å²) >= 11 is 10.4. The summed E-state index contributed by atoms with van der Waals surface area (Å²) in [6, 6.07) is 19.3. The molecular weight excluding hydrogens is 624 g/mol. The Hall–Kier alpha value is -2.29. The van der Waals surface area contributed by atoms with Crippen LogP contribution in [0.4, 0.5) is 0 Å². The number of hydrogen-bond donors (Lipinski definition) is 0. The summed E-state index contributed by atoms with van der Waals surface area (Å²) in [5.41, 5.74) is 1.54. The first kappa shape index (κ1) is 23.1. The zero-order valence-corrected chi connectivity index (χ0v) is 23.8. The van der Waals surface area contributed by atoms with E-state index in [1.165, 1.54) is 0 Å². The normalized spacial score (nSPS) is 12.2. The largest absolute Gasteiger partial charge is 0.218 e. The van der Waals surface area contributed by atoms with Gasteiger partial charge < -0.3 is 0 Å². The van der Waals surface area contributed by atoms with Gasteiger partial charge >= 0.3 is 0 Å². The Morgan fingerprint density at radius 2 is 1.11 bits per heavy atom. The molecule has 172 valence electrons. The second-order valence-corrected chi connectivity index (χ2v) is 13.8. The summed E-state index contributed by atoms with van der Waals surface area (Å²) in [5, 5.41) is 3.33. The highest BCUT2D eigenvalue weighted by atomic mass is 79.9. The average Bonchev–Trinajstić information content (AvgIpc) is 3.42. The van der Waals surface area contributed by atoms with Crippen LogP contribution in [0.15, 0.2) is 92.6 Å². The van der Waals surface area contributed by atoms with Gasteiger partial charge in [-0.05, 0) is 79.4 Å². The fourth-order valence-corrected chi connectivity index (χ4v) is 10.0. The van der Waals surface area contributed by atoms with Crippen molar-refractivity contribution in [1.82, 2.24) is 0 Å². The van der Waals surface area contributed by atoms with Crippen molar-refractivity contribution in [1.29, 1.82) is 0 Å². The fourth-order valence-electron chi connectivity index (χ4n) is 4.53. The van der Waals surface area contributed by atoms with Crippen LogP contribution < -0.4 is 0 Å². The highest BCUT2D eigenvalue weighted by Gasteiger charge is 2.28. The van der Waals surface area contributed by atoms with Crippen molar-refractivity contribution in [3.05, 3.63) is 93.9 Å². The number of rotatable bonds is 4. The van der Waals surface area contributed by atoms with E-state index < -0.39 is 9.84 Å². The monoisotopic (exact) mass is 638 g/mol. The first-order valence-corrected chi connectivity index (χ1v) is 15.3. The SMILES string of the molecule is C=Cc1cc(S(=O)(=O)c2cc(C=C)cc3sc4c(Br)cccc4c23)c2c(c1)sc1c(Br)cccc12. The third kappa shape index (κ3) is 3.48. The van der Waals surface area contributed by atoms with Crippen LogP contribution in [0, 0.1) is 0 Å². The molecule has 6 rings (SSSR count). The van der Waals surface area contributed by atoms with E-state index in [0.29, 0.717) is 9.79 Å². The van der Waals surface area contributed by atoms with Gasteiger partial charge in [-0.1, -0.05) is 49.6 Å². The summed E-state index contributed by atoms with van der Waals surface area (Å²) in [6.07, 6.45) is 3.40. The Morgan fingerprint density at radius 1 is 0.686 bits per heavy atom. The maximum Gasteiger partial charge on any atom is 0.207 e. The van der Waals surface area contributed by atoms with Crippen LogP contribution in [0.3, 0.4) is 0 Å². The van der Waals surface area contributed by atoms with Crippen LogP contribution in [-0.4, -0.2) is 8.42 Å². The van der Waals surface area contributed by atoms with Crippen molar-refractivity contribution in [2.75, 3.05) is 0 Å². The van der Waals surface area contributed by atoms with E-state index in [2.05, 4.69) is 45.0 Å². The Balaban J connectivity index is 1.80. The highest BCUT2D eigenvalue weighted by molar-refractivity contribution is 9.11. The minimum atomic E-state index is -3.92. The van der Waals surface area contributed by atoms with Crippen LogP contribution in [0.25, 0.3) is 52.5 Å². The molecule has 0 unspecified atom stereocenters. The van der Waals surface area contributed by atoms with E-state index in [9.17, 15) is 8.42 Å². The molecule has 35 heavy (non-hydrogen) atoms. The molecule has 0 N–H and O–H groups in total. The Labute approximate surface area is 227 Å². The van der Waals surface area contributed by atoms with Gasteiger partial charge in [-0.15, -0.1) is 22.7 Å². The van der Waals surface area contributed by atoms with E-state index >= 15 is 0 Å². The number of hydrogen-bond acceptors (Lipinski definition) is 4. The van der Waals surface area contributed by atoms with Crippen LogP contribution >= 0.6 is 54.5 Å². The van der Waals surface area contributed by atoms with Crippen molar-refractivity contribution in [2.45, 2.75) is 9.79 Å². The molecule has 0 saturated carbocycles. The number of halogens is 2. The quantitative estimate of drug-likeness (QED) is 0.192. The van der Waals surface area contributed by atoms with Gasteiger partial charge in [0.2, 0.25) is 9.84 Å². The van der Waals surface area contributed by atoms with Crippen LogP contribution in [0.2, 0.25) is 0 Å². The predicted molar refractivity (Wildman–Crippen MR) is 160 cm³/mol. The number of benzene rings is 4. The third-order valence-corrected chi connectivity index (χ3v) is 12.1. The minimum absolute atomic E-state index is 0.297. The molecule has 0 spiro atoms. The topological polar surface area (TPSA) is 34.1 Å². The van der Waals surface area contributed by atoms with Crippen molar-refractivity contribution >= 4 is 117 Å². The molecule has 0 aliphatic heterocycles. The summed E-state index contributed by atoms with van der Waals surface area (Å²) in [6.45, 7) is 7.82. The van der Waals surface area contributed by atoms with Gasteiger partial charge in [0.15, 0.2) is 0 Å². The summed E-state index contributed by atoms with van der Waals surface area (Å²) in [5.74, 6) is 0. The smallest absolute Gasteiger partial charge is 0.207 e. The maximum atomic E-state index is 14.6. The van der Waals surface area contributed by atoms with Gasteiger partial charge in [-0.3, -0.25) is 0 Å². The molecule has 0 bridgehead atoms. The van der Waals surface area contributed by atoms with E-state index in [4.69, 9.17) is 0 Å². The van der Waals surface area contributed by atoms with E-state index in [1.54, 1.807) is 47.0 Å². The molecule has 2 heterocycles. The second-order valence-electron chi connectivity index (χ2n) is 8.13. The van der Waals surface area contributed by atoms with Gasteiger partial charge in [0.25, 0.3) is 0 Å². The molecule has 0 amide bonds. The Bertz CT molecular complexity index is 1840. The second kappa shape index (κ2) is 8.39. The van der Waals surface area contributed by atoms with Gasteiger partial charge in [-0.25, -0.2) is 8.42 Å². The molecule has 4 aromatic carbocycles. The van der Waals surface area contributed by atoms with E-state index in [0.717, 1.165) is 60.4 Å². The lowest BCUT2D eigenvalue weighted by molar-refractivity contribution is 0.598. The molecule has 0 aliphatic rings. The van der Waals surface area contributed by atoms with Crippen molar-refractivity contribution in [3.8, 4) is 0 Å². The zero-order chi connectivity index (χ0) is 24.5. The fraction of sp³-hybridized carbons (Fsp3) is 0. The molecular formula is C28H16Br2O2S3. The first-order chi connectivity index (χ1) is 16.8. The molecule has 0 atom stereocenters. The van der Waals surface area contributed by atoms with Crippen molar-refractivity contribution < 1.29 is 8.42 Å². The van der Waals surface area contributed by atoms with Gasteiger partial charge in [-0.2, -0.15) is 0 Å². The lowest BCUT2D eigenvalue weighted by Crippen LogP contribution is -2.04. The van der Waals surface area contributed by atoms with Crippen molar-refractivity contribution in [2.24, 2.45) is 0 Å². The molecule has 0 radical (unpaired) electrons. The zero-order valence-electron chi connectivity index (χ0n) is 18.1. The van der Waals surface area contributed by atoms with E-state index in [-0.39, 0.29) is 0 Å². The average molecular weight is 640 g/mol. The third-order valence-electron chi connectivity index (χ3n) is 6.12. The standard InChI is InChI=1S/C28H16Br2O2S3/c1-3-15-11-21-25(17-7-5-9-19(29)27(17)33-21)23(13-15)35(31,32)24-14-16(4-2)12-22-26(24)18-8-6-10-20(30)28(18)34-22/h3-14H,1-2H2. The highest BCUT2D eigenvalue weighted by Crippen LogP contribution is 2.46. The lowest BCUT2D eigenvalue weighted by Gasteiger charge is -2.11. The molecule has 0 aliphatic carbocycles. The summed E-state index contributed by atoms with van der Waals surface area (Å²) < 4.78 is 34.9. The molecule has 0 saturated heterocycles. The Morgan fingerprint density at radius 3 is 1.51 bits per heavy atom. The minimum Gasteiger partial charge on any atom is -0.218 e. The van der Waals surface area contributed by atoms with Crippen molar-refractivity contribution in [3.63, 3.8) is 0 Å². The molecule has 0 fully saturated rings. The van der Waals surface area contributed by atoms with Crippen LogP contribution in [-0.2, 0) is 9.84 Å².